The number of likely N-dealkylation sites (tertiary alicyclic amines) is 1. The second kappa shape index (κ2) is 9.89. The predicted octanol–water partition coefficient (Wildman–Crippen LogP) is 3.97. The van der Waals surface area contributed by atoms with Gasteiger partial charge in [-0.15, -0.1) is 5.10 Å². The lowest BCUT2D eigenvalue weighted by Gasteiger charge is -2.34. The Morgan fingerprint density at radius 3 is 2.80 bits per heavy atom. The summed E-state index contributed by atoms with van der Waals surface area (Å²) in [4.78, 5) is 6.36. The molecular formula is C26H28FN5O3. The number of phenolic OH excluding ortho intramolecular Hbond substituents is 1. The number of phenols is 1. The van der Waals surface area contributed by atoms with Crippen molar-refractivity contribution in [2.75, 3.05) is 38.7 Å². The number of hydrogen-bond donors (Lipinski definition) is 3. The summed E-state index contributed by atoms with van der Waals surface area (Å²) < 4.78 is 22.2. The van der Waals surface area contributed by atoms with Gasteiger partial charge in [0.15, 0.2) is 0 Å². The minimum Gasteiger partial charge on any atom is -0.507 e. The zero-order valence-corrected chi connectivity index (χ0v) is 19.4. The van der Waals surface area contributed by atoms with E-state index in [2.05, 4.69) is 15.4 Å². The van der Waals surface area contributed by atoms with E-state index in [1.807, 2.05) is 47.4 Å². The van der Waals surface area contributed by atoms with Gasteiger partial charge in [-0.25, -0.2) is 13.9 Å². The van der Waals surface area contributed by atoms with Crippen LogP contribution in [-0.4, -0.2) is 69.2 Å². The number of β-amino-alcohol motifs (C(OH)–C–C–N with tert-alkyl or cyclic N) is 1. The van der Waals surface area contributed by atoms with Gasteiger partial charge >= 0.3 is 0 Å². The molecule has 1 saturated heterocycles. The number of hydrogen-bond acceptors (Lipinski definition) is 7. The Labute approximate surface area is 202 Å². The quantitative estimate of drug-likeness (QED) is 0.371. The fourth-order valence-electron chi connectivity index (χ4n) is 4.70. The number of piperidine rings is 1. The van der Waals surface area contributed by atoms with Crippen LogP contribution in [0.3, 0.4) is 0 Å². The van der Waals surface area contributed by atoms with Crippen LogP contribution in [-0.2, 0) is 0 Å². The fourth-order valence-corrected chi connectivity index (χ4v) is 4.70. The maximum Gasteiger partial charge on any atom is 0.245 e. The van der Waals surface area contributed by atoms with Crippen molar-refractivity contribution in [3.8, 4) is 22.8 Å². The number of aromatic hydroxyl groups is 1. The number of para-hydroxylation sites is 1. The molecule has 0 spiro atoms. The standard InChI is InChI=1S/C26H28FN5O3/c1-35-25-14-17(19-10-11-31(12-13-33)16-21(19)27)6-8-22(25)29-26-28-15-18-7-9-23(32(18)30-26)20-4-2-3-5-24(20)34/h2-9,14-15,19,21,33-34H,10-13,16H2,1H3,(H,29,30)/t19-,21+/m0/s1. The van der Waals surface area contributed by atoms with E-state index in [4.69, 9.17) is 9.84 Å². The van der Waals surface area contributed by atoms with Gasteiger partial charge in [0.1, 0.15) is 17.7 Å². The second-order valence-corrected chi connectivity index (χ2v) is 8.67. The van der Waals surface area contributed by atoms with Gasteiger partial charge in [0.25, 0.3) is 0 Å². The van der Waals surface area contributed by atoms with Crippen LogP contribution in [0.25, 0.3) is 16.8 Å². The van der Waals surface area contributed by atoms with Gasteiger partial charge in [-0.2, -0.15) is 0 Å². The molecular weight excluding hydrogens is 449 g/mol. The number of alkyl halides is 1. The van der Waals surface area contributed by atoms with Gasteiger partial charge in [0.05, 0.1) is 36.8 Å². The zero-order valence-electron chi connectivity index (χ0n) is 19.4. The molecule has 3 N–H and O–H groups in total. The number of rotatable bonds is 7. The molecule has 35 heavy (non-hydrogen) atoms. The number of ether oxygens (including phenoxy) is 1. The van der Waals surface area contributed by atoms with Crippen LogP contribution in [0.5, 0.6) is 11.5 Å². The summed E-state index contributed by atoms with van der Waals surface area (Å²) in [5.41, 5.74) is 3.75. The maximum atomic E-state index is 14.9. The van der Waals surface area contributed by atoms with Crippen molar-refractivity contribution in [2.45, 2.75) is 18.5 Å². The molecule has 0 saturated carbocycles. The van der Waals surface area contributed by atoms with Crippen LogP contribution in [0, 0.1) is 0 Å². The molecule has 1 aliphatic heterocycles. The number of nitrogens with one attached hydrogen (secondary N) is 1. The molecule has 0 unspecified atom stereocenters. The Morgan fingerprint density at radius 1 is 1.17 bits per heavy atom. The smallest absolute Gasteiger partial charge is 0.245 e. The Kier molecular flexibility index (Phi) is 6.52. The van der Waals surface area contributed by atoms with Crippen LogP contribution in [0.4, 0.5) is 16.0 Å². The lowest BCUT2D eigenvalue weighted by molar-refractivity contribution is 0.0995. The number of aliphatic hydroxyl groups excluding tert-OH is 1. The SMILES string of the molecule is COc1cc([C@@H]2CCN(CCO)C[C@H]2F)ccc1Nc1ncc2ccc(-c3ccccc3O)n2n1. The van der Waals surface area contributed by atoms with E-state index in [1.165, 1.54) is 0 Å². The Hall–Kier alpha value is -3.69. The summed E-state index contributed by atoms with van der Waals surface area (Å²) >= 11 is 0. The molecule has 1 aliphatic rings. The average Bonchev–Trinajstić information content (AvgIpc) is 3.28. The molecule has 2 aromatic heterocycles. The molecule has 0 bridgehead atoms. The van der Waals surface area contributed by atoms with Crippen molar-refractivity contribution in [1.82, 2.24) is 19.5 Å². The van der Waals surface area contributed by atoms with Crippen LogP contribution in [0.15, 0.2) is 60.8 Å². The molecule has 2 aromatic carbocycles. The highest BCUT2D eigenvalue weighted by Gasteiger charge is 2.30. The molecule has 1 fully saturated rings. The van der Waals surface area contributed by atoms with Crippen molar-refractivity contribution in [1.29, 1.82) is 0 Å². The largest absolute Gasteiger partial charge is 0.507 e. The lowest BCUT2D eigenvalue weighted by Crippen LogP contribution is -2.42. The van der Waals surface area contributed by atoms with Crippen LogP contribution < -0.4 is 10.1 Å². The van der Waals surface area contributed by atoms with E-state index in [0.29, 0.717) is 42.5 Å². The molecule has 4 aromatic rings. The van der Waals surface area contributed by atoms with Crippen molar-refractivity contribution in [3.63, 3.8) is 0 Å². The maximum absolute atomic E-state index is 14.9. The van der Waals surface area contributed by atoms with Crippen LogP contribution in [0.1, 0.15) is 17.9 Å². The third-order valence-corrected chi connectivity index (χ3v) is 6.52. The molecule has 0 radical (unpaired) electrons. The number of aliphatic hydroxyl groups is 1. The van der Waals surface area contributed by atoms with Gasteiger partial charge in [0, 0.05) is 24.6 Å². The van der Waals surface area contributed by atoms with Crippen molar-refractivity contribution in [2.24, 2.45) is 0 Å². The van der Waals surface area contributed by atoms with Gasteiger partial charge in [0.2, 0.25) is 5.95 Å². The van der Waals surface area contributed by atoms with Crippen molar-refractivity contribution >= 4 is 17.2 Å². The number of halogens is 1. The van der Waals surface area contributed by atoms with Gasteiger partial charge < -0.3 is 20.3 Å². The minimum atomic E-state index is -1.01. The highest BCUT2D eigenvalue weighted by atomic mass is 19.1. The first-order valence-electron chi connectivity index (χ1n) is 11.6. The van der Waals surface area contributed by atoms with Crippen LogP contribution in [0.2, 0.25) is 0 Å². The van der Waals surface area contributed by atoms with E-state index >= 15 is 0 Å². The first kappa shape index (κ1) is 23.1. The molecule has 8 nitrogen and oxygen atoms in total. The Bertz CT molecular complexity index is 1330. The summed E-state index contributed by atoms with van der Waals surface area (Å²) in [6.45, 7) is 1.60. The summed E-state index contributed by atoms with van der Waals surface area (Å²) in [6.07, 6.45) is 1.37. The number of fused-ring (bicyclic) bond motifs is 1. The first-order chi connectivity index (χ1) is 17.1. The van der Waals surface area contributed by atoms with Crippen molar-refractivity contribution < 1.29 is 19.3 Å². The second-order valence-electron chi connectivity index (χ2n) is 8.67. The molecule has 182 valence electrons. The highest BCUT2D eigenvalue weighted by Crippen LogP contribution is 2.36. The molecule has 5 rings (SSSR count). The Morgan fingerprint density at radius 2 is 2.03 bits per heavy atom. The fraction of sp³-hybridized carbons (Fsp3) is 0.308. The average molecular weight is 478 g/mol. The van der Waals surface area contributed by atoms with Gasteiger partial charge in [-0.05, 0) is 54.9 Å². The number of benzene rings is 2. The number of aromatic nitrogens is 3. The third kappa shape index (κ3) is 4.65. The predicted molar refractivity (Wildman–Crippen MR) is 132 cm³/mol. The summed E-state index contributed by atoms with van der Waals surface area (Å²) in [5.74, 6) is 0.884. The zero-order chi connectivity index (χ0) is 24.4. The summed E-state index contributed by atoms with van der Waals surface area (Å²) in [6, 6.07) is 16.5. The number of anilines is 2. The number of methoxy groups -OCH3 is 1. The minimum absolute atomic E-state index is 0.0381. The van der Waals surface area contributed by atoms with E-state index in [0.717, 1.165) is 23.3 Å². The molecule has 0 amide bonds. The van der Waals surface area contributed by atoms with Gasteiger partial charge in [-0.1, -0.05) is 18.2 Å². The van der Waals surface area contributed by atoms with E-state index in [9.17, 15) is 9.50 Å². The van der Waals surface area contributed by atoms with E-state index in [1.54, 1.807) is 30.0 Å². The normalized spacial score (nSPS) is 18.6. The lowest BCUT2D eigenvalue weighted by atomic mass is 9.87. The Balaban J connectivity index is 1.40. The number of nitrogens with zero attached hydrogens (tertiary/aromatic N) is 4. The van der Waals surface area contributed by atoms with Crippen molar-refractivity contribution in [3.05, 3.63) is 66.4 Å². The topological polar surface area (TPSA) is 95.2 Å². The molecule has 3 heterocycles. The van der Waals surface area contributed by atoms with E-state index < -0.39 is 6.17 Å². The summed E-state index contributed by atoms with van der Waals surface area (Å²) in [5, 5.41) is 27.2. The first-order valence-corrected chi connectivity index (χ1v) is 11.6. The molecule has 2 atom stereocenters. The monoisotopic (exact) mass is 477 g/mol. The highest BCUT2D eigenvalue weighted by molar-refractivity contribution is 5.72. The molecule has 9 heteroatoms. The molecule has 0 aliphatic carbocycles. The van der Waals surface area contributed by atoms with Gasteiger partial charge in [-0.3, -0.25) is 4.90 Å². The van der Waals surface area contributed by atoms with Crippen LogP contribution >= 0.6 is 0 Å². The van der Waals surface area contributed by atoms with E-state index in [-0.39, 0.29) is 18.3 Å². The summed E-state index contributed by atoms with van der Waals surface area (Å²) in [7, 11) is 1.58. The third-order valence-electron chi connectivity index (χ3n) is 6.52.